The van der Waals surface area contributed by atoms with Gasteiger partial charge in [0.1, 0.15) is 0 Å². The van der Waals surface area contributed by atoms with E-state index in [1.54, 1.807) is 7.05 Å². The lowest BCUT2D eigenvalue weighted by Gasteiger charge is -2.15. The molecule has 1 amide bonds. The van der Waals surface area contributed by atoms with E-state index in [2.05, 4.69) is 28.5 Å². The van der Waals surface area contributed by atoms with Gasteiger partial charge in [-0.2, -0.15) is 0 Å². The van der Waals surface area contributed by atoms with Crippen molar-refractivity contribution in [2.24, 2.45) is 0 Å². The molecular formula is C12H12INO. The van der Waals surface area contributed by atoms with Gasteiger partial charge in [-0.1, -0.05) is 18.1 Å². The molecule has 0 N–H and O–H groups in total. The Labute approximate surface area is 104 Å². The topological polar surface area (TPSA) is 20.3 Å². The molecule has 1 aromatic carbocycles. The van der Waals surface area contributed by atoms with Crippen molar-refractivity contribution in [3.8, 4) is 12.3 Å². The molecule has 15 heavy (non-hydrogen) atoms. The van der Waals surface area contributed by atoms with Gasteiger partial charge in [0, 0.05) is 10.6 Å². The van der Waals surface area contributed by atoms with Gasteiger partial charge < -0.3 is 4.90 Å². The normalized spacial score (nSPS) is 9.47. The van der Waals surface area contributed by atoms with E-state index >= 15 is 0 Å². The smallest absolute Gasteiger partial charge is 0.255 e. The number of nitrogens with zero attached hydrogens (tertiary/aromatic N) is 1. The highest BCUT2D eigenvalue weighted by Crippen LogP contribution is 2.17. The minimum absolute atomic E-state index is 0.0268. The first-order valence-corrected chi connectivity index (χ1v) is 5.60. The van der Waals surface area contributed by atoms with Crippen LogP contribution in [0.25, 0.3) is 0 Å². The number of aryl methyl sites for hydroxylation is 1. The third-order valence-electron chi connectivity index (χ3n) is 2.10. The van der Waals surface area contributed by atoms with Crippen LogP contribution < -0.4 is 0 Å². The van der Waals surface area contributed by atoms with Crippen molar-refractivity contribution < 1.29 is 4.79 Å². The summed E-state index contributed by atoms with van der Waals surface area (Å²) in [6, 6.07) is 5.69. The Hall–Kier alpha value is -1.02. The van der Waals surface area contributed by atoms with Crippen LogP contribution >= 0.6 is 22.6 Å². The molecule has 0 radical (unpaired) electrons. The number of halogens is 1. The van der Waals surface area contributed by atoms with Crippen LogP contribution in [0.5, 0.6) is 0 Å². The number of terminal acetylenes is 1. The molecule has 0 saturated carbocycles. The fourth-order valence-electron chi connectivity index (χ4n) is 1.23. The van der Waals surface area contributed by atoms with Gasteiger partial charge in [0.15, 0.2) is 0 Å². The van der Waals surface area contributed by atoms with E-state index in [4.69, 9.17) is 6.42 Å². The molecule has 78 valence electrons. The second kappa shape index (κ2) is 5.17. The monoisotopic (exact) mass is 313 g/mol. The predicted octanol–water partition coefficient (Wildman–Crippen LogP) is 2.30. The SMILES string of the molecule is C#CCN(C)C(=O)c1cccc(C)c1I. The highest BCUT2D eigenvalue weighted by molar-refractivity contribution is 14.1. The summed E-state index contributed by atoms with van der Waals surface area (Å²) in [6.07, 6.45) is 5.17. The number of carbonyl (C=O) groups excluding carboxylic acids is 1. The third kappa shape index (κ3) is 2.72. The first-order chi connectivity index (χ1) is 7.07. The molecule has 0 aliphatic heterocycles. The predicted molar refractivity (Wildman–Crippen MR) is 69.7 cm³/mol. The van der Waals surface area contributed by atoms with E-state index in [1.807, 2.05) is 25.1 Å². The molecular weight excluding hydrogens is 301 g/mol. The van der Waals surface area contributed by atoms with Crippen molar-refractivity contribution in [2.45, 2.75) is 6.92 Å². The van der Waals surface area contributed by atoms with Crippen LogP contribution in [-0.4, -0.2) is 24.4 Å². The lowest BCUT2D eigenvalue weighted by Crippen LogP contribution is -2.27. The van der Waals surface area contributed by atoms with E-state index in [1.165, 1.54) is 4.90 Å². The first-order valence-electron chi connectivity index (χ1n) is 4.52. The molecule has 0 saturated heterocycles. The van der Waals surface area contributed by atoms with Crippen LogP contribution in [-0.2, 0) is 0 Å². The molecule has 2 nitrogen and oxygen atoms in total. The molecule has 0 aliphatic carbocycles. The molecule has 0 heterocycles. The number of rotatable bonds is 2. The minimum Gasteiger partial charge on any atom is -0.331 e. The number of hydrogen-bond acceptors (Lipinski definition) is 1. The van der Waals surface area contributed by atoms with Gasteiger partial charge in [-0.3, -0.25) is 4.79 Å². The van der Waals surface area contributed by atoms with E-state index in [-0.39, 0.29) is 5.91 Å². The van der Waals surface area contributed by atoms with Crippen LogP contribution in [0.3, 0.4) is 0 Å². The quantitative estimate of drug-likeness (QED) is 0.606. The molecule has 0 aliphatic rings. The molecule has 0 spiro atoms. The van der Waals surface area contributed by atoms with Crippen molar-refractivity contribution in [2.75, 3.05) is 13.6 Å². The standard InChI is InChI=1S/C12H12INO/c1-4-8-14(3)12(15)10-7-5-6-9(2)11(10)13/h1,5-7H,8H2,2-3H3. The molecule has 0 aromatic heterocycles. The van der Waals surface area contributed by atoms with E-state index in [0.29, 0.717) is 12.1 Å². The Balaban J connectivity index is 3.02. The molecule has 1 rings (SSSR count). The molecule has 0 unspecified atom stereocenters. The Kier molecular flexibility index (Phi) is 4.15. The fourth-order valence-corrected chi connectivity index (χ4v) is 1.82. The Morgan fingerprint density at radius 2 is 2.27 bits per heavy atom. The van der Waals surface area contributed by atoms with Crippen LogP contribution in [0.2, 0.25) is 0 Å². The van der Waals surface area contributed by atoms with Crippen molar-refractivity contribution in [3.63, 3.8) is 0 Å². The van der Waals surface area contributed by atoms with Crippen molar-refractivity contribution >= 4 is 28.5 Å². The zero-order valence-corrected chi connectivity index (χ0v) is 10.9. The summed E-state index contributed by atoms with van der Waals surface area (Å²) in [5.74, 6) is 2.43. The average Bonchev–Trinajstić information content (AvgIpc) is 2.21. The maximum Gasteiger partial charge on any atom is 0.255 e. The molecule has 0 atom stereocenters. The van der Waals surface area contributed by atoms with Crippen molar-refractivity contribution in [1.29, 1.82) is 0 Å². The Morgan fingerprint density at radius 1 is 1.60 bits per heavy atom. The Morgan fingerprint density at radius 3 is 2.87 bits per heavy atom. The largest absolute Gasteiger partial charge is 0.331 e. The minimum atomic E-state index is -0.0268. The first kappa shape index (κ1) is 12.1. The molecule has 0 bridgehead atoms. The maximum absolute atomic E-state index is 11.9. The number of hydrogen-bond donors (Lipinski definition) is 0. The van der Waals surface area contributed by atoms with Crippen molar-refractivity contribution in [1.82, 2.24) is 4.90 Å². The van der Waals surface area contributed by atoms with Crippen LogP contribution in [0.1, 0.15) is 15.9 Å². The van der Waals surface area contributed by atoms with Gasteiger partial charge in [0.25, 0.3) is 5.91 Å². The van der Waals surface area contributed by atoms with Gasteiger partial charge in [0.05, 0.1) is 12.1 Å². The summed E-state index contributed by atoms with van der Waals surface area (Å²) in [5.41, 5.74) is 1.82. The number of benzene rings is 1. The van der Waals surface area contributed by atoms with Gasteiger partial charge in [-0.05, 0) is 41.1 Å². The second-order valence-corrected chi connectivity index (χ2v) is 4.38. The second-order valence-electron chi connectivity index (χ2n) is 3.30. The fraction of sp³-hybridized carbons (Fsp3) is 0.250. The number of carbonyl (C=O) groups is 1. The highest BCUT2D eigenvalue weighted by atomic mass is 127. The van der Waals surface area contributed by atoms with Gasteiger partial charge >= 0.3 is 0 Å². The molecule has 0 fully saturated rings. The average molecular weight is 313 g/mol. The summed E-state index contributed by atoms with van der Waals surface area (Å²) in [5, 5.41) is 0. The maximum atomic E-state index is 11.9. The summed E-state index contributed by atoms with van der Waals surface area (Å²) < 4.78 is 0.990. The van der Waals surface area contributed by atoms with E-state index in [0.717, 1.165) is 9.13 Å². The van der Waals surface area contributed by atoms with E-state index < -0.39 is 0 Å². The molecule has 1 aromatic rings. The van der Waals surface area contributed by atoms with Gasteiger partial charge in [-0.25, -0.2) is 0 Å². The lowest BCUT2D eigenvalue weighted by atomic mass is 10.1. The number of amides is 1. The summed E-state index contributed by atoms with van der Waals surface area (Å²) in [7, 11) is 1.71. The van der Waals surface area contributed by atoms with Gasteiger partial charge in [-0.15, -0.1) is 6.42 Å². The third-order valence-corrected chi connectivity index (χ3v) is 3.53. The van der Waals surface area contributed by atoms with Crippen LogP contribution in [0, 0.1) is 22.8 Å². The Bertz CT molecular complexity index is 420. The van der Waals surface area contributed by atoms with Gasteiger partial charge in [0.2, 0.25) is 0 Å². The summed E-state index contributed by atoms with van der Waals surface area (Å²) >= 11 is 2.18. The highest BCUT2D eigenvalue weighted by Gasteiger charge is 2.14. The van der Waals surface area contributed by atoms with E-state index in [9.17, 15) is 4.79 Å². The zero-order chi connectivity index (χ0) is 11.4. The van der Waals surface area contributed by atoms with Crippen LogP contribution in [0.15, 0.2) is 18.2 Å². The summed E-state index contributed by atoms with van der Waals surface area (Å²) in [6.45, 7) is 2.32. The summed E-state index contributed by atoms with van der Waals surface area (Å²) in [4.78, 5) is 13.5. The molecule has 3 heteroatoms. The van der Waals surface area contributed by atoms with Crippen molar-refractivity contribution in [3.05, 3.63) is 32.9 Å². The van der Waals surface area contributed by atoms with Crippen LogP contribution in [0.4, 0.5) is 0 Å². The lowest BCUT2D eigenvalue weighted by molar-refractivity contribution is 0.0811. The zero-order valence-electron chi connectivity index (χ0n) is 8.75.